The zero-order valence-corrected chi connectivity index (χ0v) is 15.2. The number of carboxylic acids is 1. The molecule has 0 radical (unpaired) electrons. The molecule has 0 saturated carbocycles. The van der Waals surface area contributed by atoms with Crippen molar-refractivity contribution in [3.8, 4) is 16.9 Å². The number of carbonyl (C=O) groups is 3. The Bertz CT molecular complexity index is 1040. The first-order chi connectivity index (χ1) is 13.3. The number of hydrogen-bond acceptors (Lipinski definition) is 5. The first-order valence-corrected chi connectivity index (χ1v) is 8.32. The van der Waals surface area contributed by atoms with E-state index in [9.17, 15) is 19.5 Å². The molecule has 3 N–H and O–H groups in total. The van der Waals surface area contributed by atoms with Gasteiger partial charge in [0.15, 0.2) is 5.11 Å². The predicted octanol–water partition coefficient (Wildman–Crippen LogP) is 2.11. The van der Waals surface area contributed by atoms with Crippen molar-refractivity contribution < 1.29 is 28.6 Å². The van der Waals surface area contributed by atoms with E-state index in [-0.39, 0.29) is 38.7 Å². The quantitative estimate of drug-likeness (QED) is 0.413. The van der Waals surface area contributed by atoms with Crippen LogP contribution in [0.3, 0.4) is 0 Å². The molecule has 0 unspecified atom stereocenters. The van der Waals surface area contributed by atoms with Crippen LogP contribution in [0.2, 0.25) is 0 Å². The van der Waals surface area contributed by atoms with Gasteiger partial charge in [-0.2, -0.15) is 0 Å². The molecule has 0 aliphatic carbocycles. The molecule has 1 fully saturated rings. The summed E-state index contributed by atoms with van der Waals surface area (Å²) in [7, 11) is 1.38. The first-order valence-electron chi connectivity index (χ1n) is 7.91. The molecule has 2 amide bonds. The summed E-state index contributed by atoms with van der Waals surface area (Å²) >= 11 is 4.72. The van der Waals surface area contributed by atoms with Crippen LogP contribution in [-0.4, -0.2) is 35.1 Å². The monoisotopic (exact) mass is 400 g/mol. The van der Waals surface area contributed by atoms with Gasteiger partial charge >= 0.3 is 5.97 Å². The second kappa shape index (κ2) is 7.57. The van der Waals surface area contributed by atoms with Gasteiger partial charge in [-0.25, -0.2) is 9.18 Å². The van der Waals surface area contributed by atoms with Gasteiger partial charge in [-0.3, -0.25) is 20.2 Å². The van der Waals surface area contributed by atoms with Crippen molar-refractivity contribution in [2.45, 2.75) is 0 Å². The number of halogens is 1. The van der Waals surface area contributed by atoms with Crippen LogP contribution in [0.4, 0.5) is 4.39 Å². The maximum absolute atomic E-state index is 15.3. The number of ether oxygens (including phenoxy) is 1. The Kier molecular flexibility index (Phi) is 5.18. The highest BCUT2D eigenvalue weighted by molar-refractivity contribution is 7.80. The fourth-order valence-corrected chi connectivity index (χ4v) is 2.94. The second-order valence-electron chi connectivity index (χ2n) is 5.69. The summed E-state index contributed by atoms with van der Waals surface area (Å²) in [4.78, 5) is 35.6. The Balaban J connectivity index is 2.22. The lowest BCUT2D eigenvalue weighted by atomic mass is 9.94. The number of benzene rings is 2. The van der Waals surface area contributed by atoms with E-state index in [4.69, 9.17) is 17.0 Å². The van der Waals surface area contributed by atoms with Gasteiger partial charge in [0.1, 0.15) is 17.1 Å². The minimum Gasteiger partial charge on any atom is -0.496 e. The molecule has 0 spiro atoms. The van der Waals surface area contributed by atoms with Crippen molar-refractivity contribution in [1.82, 2.24) is 10.6 Å². The Hall–Kier alpha value is -3.59. The number of amides is 2. The summed E-state index contributed by atoms with van der Waals surface area (Å²) in [6.07, 6.45) is 1.03. The molecule has 142 valence electrons. The smallest absolute Gasteiger partial charge is 0.336 e. The second-order valence-corrected chi connectivity index (χ2v) is 6.10. The van der Waals surface area contributed by atoms with Crippen LogP contribution in [0.5, 0.6) is 5.75 Å². The van der Waals surface area contributed by atoms with E-state index in [2.05, 4.69) is 10.6 Å². The lowest BCUT2D eigenvalue weighted by Crippen LogP contribution is -2.51. The van der Waals surface area contributed by atoms with Crippen molar-refractivity contribution >= 4 is 41.2 Å². The Labute approximate surface area is 163 Å². The predicted molar refractivity (Wildman–Crippen MR) is 102 cm³/mol. The summed E-state index contributed by atoms with van der Waals surface area (Å²) < 4.78 is 20.5. The molecular formula is C19H13FN2O5S. The van der Waals surface area contributed by atoms with Crippen LogP contribution in [0.15, 0.2) is 42.0 Å². The van der Waals surface area contributed by atoms with E-state index in [1.165, 1.54) is 25.3 Å². The van der Waals surface area contributed by atoms with Crippen molar-refractivity contribution in [2.24, 2.45) is 0 Å². The van der Waals surface area contributed by atoms with Gasteiger partial charge in [-0.05, 0) is 30.4 Å². The summed E-state index contributed by atoms with van der Waals surface area (Å²) in [5.41, 5.74) is -0.784. The van der Waals surface area contributed by atoms with E-state index < -0.39 is 23.6 Å². The van der Waals surface area contributed by atoms with Crippen LogP contribution in [0.25, 0.3) is 17.2 Å². The number of carbonyl (C=O) groups excluding carboxylic acids is 2. The summed E-state index contributed by atoms with van der Waals surface area (Å²) in [5.74, 6) is -3.54. The molecule has 1 heterocycles. The molecule has 1 aliphatic heterocycles. The van der Waals surface area contributed by atoms with E-state index >= 15 is 4.39 Å². The van der Waals surface area contributed by atoms with E-state index in [1.54, 1.807) is 18.2 Å². The van der Waals surface area contributed by atoms with Crippen molar-refractivity contribution in [1.29, 1.82) is 0 Å². The standard InChI is InChI=1S/C19H13FN2O5S/c1-27-13-5-3-2-4-10(13)14-11(18(25)26)7-6-9(15(14)20)8-12-16(23)21-19(28)22-17(12)24/h2-8H,1H3,(H,25,26)(H2,21,22,23,24,28). The summed E-state index contributed by atoms with van der Waals surface area (Å²) in [6, 6.07) is 8.72. The van der Waals surface area contributed by atoms with Gasteiger partial charge in [0, 0.05) is 16.7 Å². The molecule has 2 aromatic rings. The van der Waals surface area contributed by atoms with E-state index in [0.717, 1.165) is 6.08 Å². The molecular weight excluding hydrogens is 387 g/mol. The topological polar surface area (TPSA) is 105 Å². The Morgan fingerprint density at radius 1 is 1.14 bits per heavy atom. The van der Waals surface area contributed by atoms with Crippen LogP contribution in [0, 0.1) is 5.82 Å². The minimum atomic E-state index is -1.34. The number of hydrogen-bond donors (Lipinski definition) is 3. The van der Waals surface area contributed by atoms with E-state index in [0.29, 0.717) is 0 Å². The molecule has 1 saturated heterocycles. The third kappa shape index (κ3) is 3.47. The van der Waals surface area contributed by atoms with Crippen molar-refractivity contribution in [3.63, 3.8) is 0 Å². The van der Waals surface area contributed by atoms with Crippen molar-refractivity contribution in [2.75, 3.05) is 7.11 Å². The number of para-hydroxylation sites is 1. The summed E-state index contributed by atoms with van der Waals surface area (Å²) in [6.45, 7) is 0. The van der Waals surface area contributed by atoms with E-state index in [1.807, 2.05) is 0 Å². The molecule has 2 aromatic carbocycles. The highest BCUT2D eigenvalue weighted by Crippen LogP contribution is 2.36. The molecule has 0 atom stereocenters. The number of rotatable bonds is 4. The minimum absolute atomic E-state index is 0.140. The third-order valence-corrected chi connectivity index (χ3v) is 4.23. The van der Waals surface area contributed by atoms with Crippen LogP contribution >= 0.6 is 12.2 Å². The molecule has 7 nitrogen and oxygen atoms in total. The SMILES string of the molecule is COc1ccccc1-c1c(C(=O)O)ccc(C=C2C(=O)NC(=S)NC2=O)c1F. The molecule has 0 aromatic heterocycles. The van der Waals surface area contributed by atoms with Crippen LogP contribution in [0.1, 0.15) is 15.9 Å². The number of nitrogens with one attached hydrogen (secondary N) is 2. The highest BCUT2D eigenvalue weighted by Gasteiger charge is 2.27. The number of carboxylic acid groups (broad SMARTS) is 1. The average Bonchev–Trinajstić information content (AvgIpc) is 2.65. The van der Waals surface area contributed by atoms with Gasteiger partial charge in [0.25, 0.3) is 11.8 Å². The summed E-state index contributed by atoms with van der Waals surface area (Å²) in [5, 5.41) is 13.8. The fraction of sp³-hybridized carbons (Fsp3) is 0.0526. The van der Waals surface area contributed by atoms with Gasteiger partial charge < -0.3 is 9.84 Å². The highest BCUT2D eigenvalue weighted by atomic mass is 32.1. The molecule has 3 rings (SSSR count). The Morgan fingerprint density at radius 3 is 2.39 bits per heavy atom. The van der Waals surface area contributed by atoms with Crippen LogP contribution in [-0.2, 0) is 9.59 Å². The Morgan fingerprint density at radius 2 is 1.79 bits per heavy atom. The largest absolute Gasteiger partial charge is 0.496 e. The average molecular weight is 400 g/mol. The van der Waals surface area contributed by atoms with Gasteiger partial charge in [-0.1, -0.05) is 24.3 Å². The number of aromatic carboxylic acids is 1. The zero-order chi connectivity index (χ0) is 20.4. The number of thiocarbonyl (C=S) groups is 1. The third-order valence-electron chi connectivity index (χ3n) is 4.02. The molecule has 0 bridgehead atoms. The molecule has 1 aliphatic rings. The lowest BCUT2D eigenvalue weighted by Gasteiger charge is -2.17. The number of methoxy groups -OCH3 is 1. The zero-order valence-electron chi connectivity index (χ0n) is 14.4. The normalized spacial score (nSPS) is 13.6. The van der Waals surface area contributed by atoms with Crippen molar-refractivity contribution in [3.05, 3.63) is 58.9 Å². The first kappa shape index (κ1) is 19.2. The maximum Gasteiger partial charge on any atom is 0.336 e. The van der Waals surface area contributed by atoms with Gasteiger partial charge in [-0.15, -0.1) is 0 Å². The van der Waals surface area contributed by atoms with Gasteiger partial charge in [0.05, 0.1) is 12.7 Å². The lowest BCUT2D eigenvalue weighted by molar-refractivity contribution is -0.123. The molecule has 28 heavy (non-hydrogen) atoms. The maximum atomic E-state index is 15.3. The van der Waals surface area contributed by atoms with Gasteiger partial charge in [0.2, 0.25) is 0 Å². The van der Waals surface area contributed by atoms with Crippen LogP contribution < -0.4 is 15.4 Å². The molecule has 9 heteroatoms. The fourth-order valence-electron chi connectivity index (χ4n) is 2.76.